The lowest BCUT2D eigenvalue weighted by atomic mass is 9.84. The van der Waals surface area contributed by atoms with E-state index in [1.54, 1.807) is 20.8 Å². The Labute approximate surface area is 142 Å². The molecule has 0 radical (unpaired) electrons. The van der Waals surface area contributed by atoms with E-state index in [0.717, 1.165) is 11.1 Å². The van der Waals surface area contributed by atoms with Crippen LogP contribution in [0.4, 0.5) is 0 Å². The van der Waals surface area contributed by atoms with E-state index >= 15 is 0 Å². The Morgan fingerprint density at radius 1 is 1.12 bits per heavy atom. The van der Waals surface area contributed by atoms with Crippen LogP contribution in [0.3, 0.4) is 0 Å². The molecule has 0 amide bonds. The van der Waals surface area contributed by atoms with Crippen LogP contribution in [-0.4, -0.2) is 30.3 Å². The topological polar surface area (TPSA) is 72.8 Å². The average Bonchev–Trinajstić information content (AvgIpc) is 2.94. The Morgan fingerprint density at radius 3 is 2.12 bits per heavy atom. The molecule has 1 aromatic rings. The highest BCUT2D eigenvalue weighted by Crippen LogP contribution is 2.40. The molecule has 5 heteroatoms. The predicted octanol–water partition coefficient (Wildman–Crippen LogP) is 1.76. The highest BCUT2D eigenvalue weighted by molar-refractivity contribution is 6.01. The molecule has 0 fully saturated rings. The van der Waals surface area contributed by atoms with E-state index in [1.165, 1.54) is 0 Å². The molecule has 0 spiro atoms. The minimum Gasteiger partial charge on any atom is -0.465 e. The van der Waals surface area contributed by atoms with Gasteiger partial charge < -0.3 is 14.6 Å². The van der Waals surface area contributed by atoms with Gasteiger partial charge >= 0.3 is 11.9 Å². The van der Waals surface area contributed by atoms with E-state index in [4.69, 9.17) is 9.47 Å². The van der Waals surface area contributed by atoms with E-state index in [9.17, 15) is 14.7 Å². The fourth-order valence-electron chi connectivity index (χ4n) is 3.07. The summed E-state index contributed by atoms with van der Waals surface area (Å²) in [5.74, 6) is 4.64. The molecule has 5 nitrogen and oxygen atoms in total. The van der Waals surface area contributed by atoms with Gasteiger partial charge in [0.05, 0.1) is 19.8 Å². The molecular formula is C19H22O5. The molecule has 0 saturated carbocycles. The molecule has 0 atom stereocenters. The lowest BCUT2D eigenvalue weighted by Gasteiger charge is -2.23. The third kappa shape index (κ3) is 3.15. The van der Waals surface area contributed by atoms with Crippen molar-refractivity contribution >= 4 is 11.9 Å². The van der Waals surface area contributed by atoms with Gasteiger partial charge in [0.2, 0.25) is 0 Å². The quantitative estimate of drug-likeness (QED) is 0.506. The summed E-state index contributed by atoms with van der Waals surface area (Å²) < 4.78 is 10.3. The SMILES string of the molecule is CC#Cc1cc2c(cc1CO)CC(C(=O)OCC)(C(=O)OCC)C2. The maximum atomic E-state index is 12.5. The molecule has 0 unspecified atom stereocenters. The summed E-state index contributed by atoms with van der Waals surface area (Å²) in [5.41, 5.74) is 1.76. The Balaban J connectivity index is 2.48. The summed E-state index contributed by atoms with van der Waals surface area (Å²) in [6, 6.07) is 3.66. The van der Waals surface area contributed by atoms with E-state index in [-0.39, 0.29) is 32.7 Å². The van der Waals surface area contributed by atoms with Crippen LogP contribution in [0, 0.1) is 17.3 Å². The lowest BCUT2D eigenvalue weighted by Crippen LogP contribution is -2.43. The number of carbonyl (C=O) groups is 2. The third-order valence-electron chi connectivity index (χ3n) is 4.17. The number of aliphatic hydroxyl groups is 1. The number of rotatable bonds is 5. The third-order valence-corrected chi connectivity index (χ3v) is 4.17. The van der Waals surface area contributed by atoms with E-state index in [0.29, 0.717) is 11.1 Å². The fraction of sp³-hybridized carbons (Fsp3) is 0.474. The van der Waals surface area contributed by atoms with Crippen LogP contribution >= 0.6 is 0 Å². The van der Waals surface area contributed by atoms with Gasteiger partial charge in [0.15, 0.2) is 5.41 Å². The molecule has 0 saturated heterocycles. The van der Waals surface area contributed by atoms with Crippen molar-refractivity contribution in [3.63, 3.8) is 0 Å². The van der Waals surface area contributed by atoms with Gasteiger partial charge in [-0.05, 0) is 56.4 Å². The zero-order chi connectivity index (χ0) is 17.7. The van der Waals surface area contributed by atoms with Crippen LogP contribution in [0.5, 0.6) is 0 Å². The van der Waals surface area contributed by atoms with Crippen molar-refractivity contribution in [2.24, 2.45) is 5.41 Å². The van der Waals surface area contributed by atoms with E-state index in [1.807, 2.05) is 12.1 Å². The summed E-state index contributed by atoms with van der Waals surface area (Å²) in [5, 5.41) is 9.54. The number of fused-ring (bicyclic) bond motifs is 1. The van der Waals surface area contributed by atoms with Crippen molar-refractivity contribution in [3.05, 3.63) is 34.4 Å². The summed E-state index contributed by atoms with van der Waals surface area (Å²) >= 11 is 0. The van der Waals surface area contributed by atoms with E-state index < -0.39 is 17.4 Å². The van der Waals surface area contributed by atoms with Gasteiger partial charge in [0.25, 0.3) is 0 Å². The molecule has 0 aromatic heterocycles. The average molecular weight is 330 g/mol. The van der Waals surface area contributed by atoms with Crippen LogP contribution in [0.15, 0.2) is 12.1 Å². The maximum Gasteiger partial charge on any atom is 0.324 e. The molecule has 0 aliphatic heterocycles. The molecule has 1 aliphatic carbocycles. The molecule has 128 valence electrons. The van der Waals surface area contributed by atoms with E-state index in [2.05, 4.69) is 11.8 Å². The predicted molar refractivity (Wildman–Crippen MR) is 88.0 cm³/mol. The minimum absolute atomic E-state index is 0.150. The van der Waals surface area contributed by atoms with Gasteiger partial charge in [0, 0.05) is 5.56 Å². The number of hydrogen-bond acceptors (Lipinski definition) is 5. The lowest BCUT2D eigenvalue weighted by molar-refractivity contribution is -0.171. The normalized spacial score (nSPS) is 14.3. The van der Waals surface area contributed by atoms with Gasteiger partial charge in [-0.15, -0.1) is 5.92 Å². The summed E-state index contributed by atoms with van der Waals surface area (Å²) in [6.07, 6.45) is 0.441. The molecule has 0 heterocycles. The maximum absolute atomic E-state index is 12.5. The Hall–Kier alpha value is -2.32. The van der Waals surface area contributed by atoms with Crippen LogP contribution < -0.4 is 0 Å². The molecule has 24 heavy (non-hydrogen) atoms. The summed E-state index contributed by atoms with van der Waals surface area (Å²) in [7, 11) is 0. The van der Waals surface area contributed by atoms with Crippen molar-refractivity contribution in [1.82, 2.24) is 0 Å². The van der Waals surface area contributed by atoms with Gasteiger partial charge in [-0.3, -0.25) is 9.59 Å². The first-order chi connectivity index (χ1) is 11.5. The largest absolute Gasteiger partial charge is 0.465 e. The Kier molecular flexibility index (Phi) is 5.63. The van der Waals surface area contributed by atoms with Crippen molar-refractivity contribution in [1.29, 1.82) is 0 Å². The fourth-order valence-corrected chi connectivity index (χ4v) is 3.07. The second-order valence-corrected chi connectivity index (χ2v) is 5.69. The molecule has 1 aliphatic rings. The highest BCUT2D eigenvalue weighted by Gasteiger charge is 2.53. The first kappa shape index (κ1) is 18.0. The number of hydrogen-bond donors (Lipinski definition) is 1. The van der Waals surface area contributed by atoms with Crippen LogP contribution in [-0.2, 0) is 38.5 Å². The molecule has 1 N–H and O–H groups in total. The Bertz CT molecular complexity index is 690. The summed E-state index contributed by atoms with van der Waals surface area (Å²) in [6.45, 7) is 5.38. The minimum atomic E-state index is -1.35. The number of esters is 2. The number of aliphatic hydroxyl groups excluding tert-OH is 1. The molecule has 2 rings (SSSR count). The number of benzene rings is 1. The zero-order valence-corrected chi connectivity index (χ0v) is 14.3. The second kappa shape index (κ2) is 7.50. The zero-order valence-electron chi connectivity index (χ0n) is 14.3. The highest BCUT2D eigenvalue weighted by atomic mass is 16.6. The number of ether oxygens (including phenoxy) is 2. The van der Waals surface area contributed by atoms with Crippen LogP contribution in [0.1, 0.15) is 43.0 Å². The van der Waals surface area contributed by atoms with Gasteiger partial charge in [-0.25, -0.2) is 0 Å². The van der Waals surface area contributed by atoms with Gasteiger partial charge in [-0.1, -0.05) is 12.0 Å². The summed E-state index contributed by atoms with van der Waals surface area (Å²) in [4.78, 5) is 25.0. The van der Waals surface area contributed by atoms with Crippen molar-refractivity contribution in [3.8, 4) is 11.8 Å². The number of carbonyl (C=O) groups excluding carboxylic acids is 2. The monoisotopic (exact) mass is 330 g/mol. The van der Waals surface area contributed by atoms with Gasteiger partial charge in [-0.2, -0.15) is 0 Å². The molecule has 0 bridgehead atoms. The molecule has 1 aromatic carbocycles. The van der Waals surface area contributed by atoms with Gasteiger partial charge in [0.1, 0.15) is 0 Å². The Morgan fingerprint density at radius 2 is 1.67 bits per heavy atom. The molecular weight excluding hydrogens is 308 g/mol. The second-order valence-electron chi connectivity index (χ2n) is 5.69. The van der Waals surface area contributed by atoms with Crippen LogP contribution in [0.25, 0.3) is 0 Å². The van der Waals surface area contributed by atoms with Crippen molar-refractivity contribution in [2.75, 3.05) is 13.2 Å². The first-order valence-corrected chi connectivity index (χ1v) is 8.05. The smallest absolute Gasteiger partial charge is 0.324 e. The standard InChI is InChI=1S/C19H22O5/c1-4-7-13-8-14-10-19(17(21)23-5-2,18(22)24-6-3)11-15(14)9-16(13)12-20/h8-9,20H,5-6,10-12H2,1-3H3. The first-order valence-electron chi connectivity index (χ1n) is 8.05. The van der Waals surface area contributed by atoms with Crippen molar-refractivity contribution in [2.45, 2.75) is 40.2 Å². The van der Waals surface area contributed by atoms with Crippen molar-refractivity contribution < 1.29 is 24.2 Å². The van der Waals surface area contributed by atoms with Crippen LogP contribution in [0.2, 0.25) is 0 Å².